The predicted molar refractivity (Wildman–Crippen MR) is 130 cm³/mol. The van der Waals surface area contributed by atoms with E-state index in [-0.39, 0.29) is 23.9 Å². The first-order valence-corrected chi connectivity index (χ1v) is 11.5. The second kappa shape index (κ2) is 9.82. The number of hydrogen-bond acceptors (Lipinski definition) is 2. The fourth-order valence-electron chi connectivity index (χ4n) is 4.60. The van der Waals surface area contributed by atoms with E-state index in [0.29, 0.717) is 18.4 Å². The van der Waals surface area contributed by atoms with Gasteiger partial charge in [-0.25, -0.2) is 0 Å². The third-order valence-electron chi connectivity index (χ3n) is 6.16. The van der Waals surface area contributed by atoms with E-state index in [1.165, 1.54) is 0 Å². The molecule has 3 aromatic rings. The average Bonchev–Trinajstić information content (AvgIpc) is 2.84. The van der Waals surface area contributed by atoms with Crippen LogP contribution in [0.15, 0.2) is 84.9 Å². The molecule has 3 aromatic carbocycles. The van der Waals surface area contributed by atoms with Gasteiger partial charge in [-0.3, -0.25) is 9.59 Å². The van der Waals surface area contributed by atoms with Crippen molar-refractivity contribution in [2.24, 2.45) is 0 Å². The van der Waals surface area contributed by atoms with Gasteiger partial charge in [0, 0.05) is 29.4 Å². The molecule has 0 saturated carbocycles. The molecule has 0 N–H and O–H groups in total. The van der Waals surface area contributed by atoms with Crippen molar-refractivity contribution < 1.29 is 9.59 Å². The summed E-state index contributed by atoms with van der Waals surface area (Å²) in [5, 5.41) is 0. The fraction of sp³-hybridized carbons (Fsp3) is 0.286. The highest BCUT2D eigenvalue weighted by molar-refractivity contribution is 6.07. The van der Waals surface area contributed by atoms with Gasteiger partial charge in [-0.05, 0) is 55.7 Å². The summed E-state index contributed by atoms with van der Waals surface area (Å²) in [6, 6.07) is 27.1. The molecular formula is C28H30N2O2. The topological polar surface area (TPSA) is 40.6 Å². The van der Waals surface area contributed by atoms with E-state index in [9.17, 15) is 9.59 Å². The predicted octanol–water partition coefficient (Wildman–Crippen LogP) is 6.39. The molecule has 1 aliphatic heterocycles. The van der Waals surface area contributed by atoms with Gasteiger partial charge in [-0.2, -0.15) is 0 Å². The summed E-state index contributed by atoms with van der Waals surface area (Å²) in [4.78, 5) is 30.7. The number of nitrogens with zero attached hydrogens (tertiary/aromatic N) is 2. The Bertz CT molecular complexity index is 1070. The number of carbonyl (C=O) groups excluding carboxylic acids is 2. The highest BCUT2D eigenvalue weighted by Gasteiger charge is 2.38. The first-order valence-electron chi connectivity index (χ1n) is 11.5. The SMILES string of the molecule is CCCCC(=O)N1c2ccccc2[C@H](N(C(=O)c2ccccc2)c2ccccc2)C[C@H]1C. The molecular weight excluding hydrogens is 396 g/mol. The van der Waals surface area contributed by atoms with Crippen LogP contribution in [-0.2, 0) is 4.79 Å². The lowest BCUT2D eigenvalue weighted by molar-refractivity contribution is -0.119. The van der Waals surface area contributed by atoms with Crippen LogP contribution in [0.4, 0.5) is 11.4 Å². The number of amides is 2. The van der Waals surface area contributed by atoms with Crippen LogP contribution < -0.4 is 9.80 Å². The highest BCUT2D eigenvalue weighted by atomic mass is 16.2. The minimum atomic E-state index is -0.161. The molecule has 32 heavy (non-hydrogen) atoms. The van der Waals surface area contributed by atoms with Gasteiger partial charge >= 0.3 is 0 Å². The van der Waals surface area contributed by atoms with Crippen molar-refractivity contribution in [3.05, 3.63) is 96.1 Å². The summed E-state index contributed by atoms with van der Waals surface area (Å²) >= 11 is 0. The molecule has 1 aliphatic rings. The van der Waals surface area contributed by atoms with Crippen LogP contribution in [0.2, 0.25) is 0 Å². The molecule has 0 saturated heterocycles. The lowest BCUT2D eigenvalue weighted by Crippen LogP contribution is -2.47. The Hall–Kier alpha value is -3.40. The largest absolute Gasteiger partial charge is 0.309 e. The maximum atomic E-state index is 13.8. The number of fused-ring (bicyclic) bond motifs is 1. The van der Waals surface area contributed by atoms with Crippen LogP contribution in [0.25, 0.3) is 0 Å². The van der Waals surface area contributed by atoms with Crippen LogP contribution >= 0.6 is 0 Å². The number of rotatable bonds is 6. The van der Waals surface area contributed by atoms with Crippen molar-refractivity contribution in [1.82, 2.24) is 0 Å². The molecule has 0 spiro atoms. The van der Waals surface area contributed by atoms with E-state index in [2.05, 4.69) is 19.9 Å². The summed E-state index contributed by atoms with van der Waals surface area (Å²) in [5.41, 5.74) is 3.45. The van der Waals surface area contributed by atoms with E-state index >= 15 is 0 Å². The van der Waals surface area contributed by atoms with Crippen LogP contribution in [-0.4, -0.2) is 17.9 Å². The number of carbonyl (C=O) groups is 2. The molecule has 0 aliphatic carbocycles. The summed E-state index contributed by atoms with van der Waals surface area (Å²) in [6.07, 6.45) is 3.11. The Morgan fingerprint density at radius 1 is 0.906 bits per heavy atom. The van der Waals surface area contributed by atoms with E-state index in [0.717, 1.165) is 29.8 Å². The highest BCUT2D eigenvalue weighted by Crippen LogP contribution is 2.43. The summed E-state index contributed by atoms with van der Waals surface area (Å²) in [5.74, 6) is 0.125. The van der Waals surface area contributed by atoms with Gasteiger partial charge in [0.2, 0.25) is 5.91 Å². The van der Waals surface area contributed by atoms with Crippen molar-refractivity contribution >= 4 is 23.2 Å². The van der Waals surface area contributed by atoms with E-state index in [1.54, 1.807) is 0 Å². The van der Waals surface area contributed by atoms with E-state index in [1.807, 2.05) is 88.7 Å². The number of hydrogen-bond donors (Lipinski definition) is 0. The van der Waals surface area contributed by atoms with Crippen molar-refractivity contribution in [2.75, 3.05) is 9.80 Å². The number of para-hydroxylation sites is 2. The molecule has 0 bridgehead atoms. The lowest BCUT2D eigenvalue weighted by Gasteiger charge is -2.43. The second-order valence-electron chi connectivity index (χ2n) is 8.40. The maximum absolute atomic E-state index is 13.8. The summed E-state index contributed by atoms with van der Waals surface area (Å²) < 4.78 is 0. The quantitative estimate of drug-likeness (QED) is 0.458. The maximum Gasteiger partial charge on any atom is 0.258 e. The Kier molecular flexibility index (Phi) is 6.69. The molecule has 0 unspecified atom stereocenters. The molecule has 164 valence electrons. The van der Waals surface area contributed by atoms with Crippen molar-refractivity contribution in [1.29, 1.82) is 0 Å². The Balaban J connectivity index is 1.79. The Morgan fingerprint density at radius 3 is 2.22 bits per heavy atom. The summed E-state index contributed by atoms with van der Waals surface area (Å²) in [6.45, 7) is 4.19. The van der Waals surface area contributed by atoms with E-state index in [4.69, 9.17) is 0 Å². The zero-order valence-electron chi connectivity index (χ0n) is 18.8. The molecule has 0 fully saturated rings. The molecule has 4 rings (SSSR count). The fourth-order valence-corrected chi connectivity index (χ4v) is 4.60. The number of anilines is 2. The second-order valence-corrected chi connectivity index (χ2v) is 8.40. The zero-order chi connectivity index (χ0) is 22.5. The van der Waals surface area contributed by atoms with Gasteiger partial charge in [-0.1, -0.05) is 67.9 Å². The third kappa shape index (κ3) is 4.31. The number of unbranched alkanes of at least 4 members (excludes halogenated alkanes) is 1. The van der Waals surface area contributed by atoms with Crippen LogP contribution in [0.3, 0.4) is 0 Å². The summed E-state index contributed by atoms with van der Waals surface area (Å²) in [7, 11) is 0. The standard InChI is InChI=1S/C28H30N2O2/c1-3-4-19-27(31)29-21(2)20-26(24-17-11-12-18-25(24)29)30(23-15-9-6-10-16-23)28(32)22-13-7-5-8-14-22/h5-18,21,26H,3-4,19-20H2,1-2H3/t21-,26-/m1/s1. The van der Waals surface area contributed by atoms with Gasteiger partial charge in [0.15, 0.2) is 0 Å². The third-order valence-corrected chi connectivity index (χ3v) is 6.16. The first kappa shape index (κ1) is 21.8. The minimum absolute atomic E-state index is 0.00552. The van der Waals surface area contributed by atoms with E-state index < -0.39 is 0 Å². The van der Waals surface area contributed by atoms with Gasteiger partial charge in [0.25, 0.3) is 5.91 Å². The van der Waals surface area contributed by atoms with Crippen LogP contribution in [0.1, 0.15) is 61.5 Å². The van der Waals surface area contributed by atoms with Crippen LogP contribution in [0, 0.1) is 0 Å². The molecule has 1 heterocycles. The van der Waals surface area contributed by atoms with Gasteiger partial charge in [0.05, 0.1) is 6.04 Å². The molecule has 0 aromatic heterocycles. The molecule has 2 amide bonds. The first-order chi connectivity index (χ1) is 15.6. The number of benzene rings is 3. The van der Waals surface area contributed by atoms with Gasteiger partial charge < -0.3 is 9.80 Å². The van der Waals surface area contributed by atoms with Crippen molar-refractivity contribution in [2.45, 2.75) is 51.6 Å². The lowest BCUT2D eigenvalue weighted by atomic mass is 9.89. The van der Waals surface area contributed by atoms with Gasteiger partial charge in [0.1, 0.15) is 0 Å². The molecule has 4 heteroatoms. The molecule has 4 nitrogen and oxygen atoms in total. The molecule has 2 atom stereocenters. The smallest absolute Gasteiger partial charge is 0.258 e. The Morgan fingerprint density at radius 2 is 1.53 bits per heavy atom. The zero-order valence-corrected chi connectivity index (χ0v) is 18.8. The minimum Gasteiger partial charge on any atom is -0.309 e. The van der Waals surface area contributed by atoms with Crippen molar-refractivity contribution in [3.63, 3.8) is 0 Å². The average molecular weight is 427 g/mol. The molecule has 0 radical (unpaired) electrons. The Labute approximate surface area is 190 Å². The van der Waals surface area contributed by atoms with Gasteiger partial charge in [-0.15, -0.1) is 0 Å². The monoisotopic (exact) mass is 426 g/mol. The normalized spacial score (nSPS) is 17.5. The van der Waals surface area contributed by atoms with Crippen LogP contribution in [0.5, 0.6) is 0 Å². The van der Waals surface area contributed by atoms with Crippen molar-refractivity contribution in [3.8, 4) is 0 Å².